The van der Waals surface area contributed by atoms with E-state index in [9.17, 15) is 13.2 Å². The Morgan fingerprint density at radius 3 is 2.29 bits per heavy atom. The van der Waals surface area contributed by atoms with Crippen LogP contribution in [-0.4, -0.2) is 19.1 Å². The number of anilines is 1. The maximum absolute atomic E-state index is 12.9. The van der Waals surface area contributed by atoms with Gasteiger partial charge >= 0.3 is 0 Å². The van der Waals surface area contributed by atoms with Gasteiger partial charge in [0.15, 0.2) is 14.6 Å². The van der Waals surface area contributed by atoms with Gasteiger partial charge in [-0.1, -0.05) is 35.4 Å². The molecular formula is C18H18ClNO3S. The zero-order valence-corrected chi connectivity index (χ0v) is 15.0. The predicted octanol–water partition coefficient (Wildman–Crippen LogP) is 3.90. The molecule has 1 N–H and O–H groups in total. The molecule has 0 radical (unpaired) electrons. The Kier molecular flexibility index (Phi) is 4.18. The third-order valence-corrected chi connectivity index (χ3v) is 7.40. The molecule has 6 heteroatoms. The first kappa shape index (κ1) is 17.0. The average Bonchev–Trinajstić information content (AvgIpc) is 3.34. The van der Waals surface area contributed by atoms with Crippen LogP contribution in [-0.2, 0) is 14.6 Å². The van der Waals surface area contributed by atoms with Crippen LogP contribution in [0, 0.1) is 13.8 Å². The molecule has 0 aromatic heterocycles. The van der Waals surface area contributed by atoms with Gasteiger partial charge in [-0.3, -0.25) is 4.79 Å². The number of benzene rings is 2. The van der Waals surface area contributed by atoms with Crippen LogP contribution < -0.4 is 5.32 Å². The van der Waals surface area contributed by atoms with Crippen LogP contribution in [0.15, 0.2) is 47.4 Å². The molecule has 0 bridgehead atoms. The van der Waals surface area contributed by atoms with Crippen molar-refractivity contribution in [1.29, 1.82) is 0 Å². The van der Waals surface area contributed by atoms with Crippen molar-refractivity contribution < 1.29 is 13.2 Å². The standard InChI is InChI=1S/C18H18ClNO3S/c1-12-6-8-14(9-7-12)24(22,23)18(10-11-18)17(21)20-16-5-3-4-15(19)13(16)2/h3-9H,10-11H2,1-2H3,(H,20,21). The molecule has 1 fully saturated rings. The molecule has 126 valence electrons. The highest BCUT2D eigenvalue weighted by atomic mass is 35.5. The highest BCUT2D eigenvalue weighted by molar-refractivity contribution is 7.94. The third-order valence-electron chi connectivity index (χ3n) is 4.48. The topological polar surface area (TPSA) is 63.2 Å². The minimum Gasteiger partial charge on any atom is -0.324 e. The molecule has 0 aliphatic heterocycles. The van der Waals surface area contributed by atoms with E-state index in [1.807, 2.05) is 6.92 Å². The fourth-order valence-electron chi connectivity index (χ4n) is 2.65. The zero-order chi connectivity index (χ0) is 17.5. The molecule has 0 heterocycles. The van der Waals surface area contributed by atoms with Crippen LogP contribution in [0.3, 0.4) is 0 Å². The molecule has 0 unspecified atom stereocenters. The maximum atomic E-state index is 12.9. The lowest BCUT2D eigenvalue weighted by atomic mass is 10.2. The van der Waals surface area contributed by atoms with E-state index in [1.165, 1.54) is 0 Å². The van der Waals surface area contributed by atoms with E-state index in [4.69, 9.17) is 11.6 Å². The first-order chi connectivity index (χ1) is 11.3. The van der Waals surface area contributed by atoms with Gasteiger partial charge in [0, 0.05) is 10.7 Å². The molecule has 3 rings (SSSR count). The Morgan fingerprint density at radius 2 is 1.71 bits per heavy atom. The predicted molar refractivity (Wildman–Crippen MR) is 95.1 cm³/mol. The van der Waals surface area contributed by atoms with Crippen LogP contribution in [0.5, 0.6) is 0 Å². The molecule has 0 spiro atoms. The summed E-state index contributed by atoms with van der Waals surface area (Å²) in [6, 6.07) is 11.8. The lowest BCUT2D eigenvalue weighted by molar-refractivity contribution is -0.116. The monoisotopic (exact) mass is 363 g/mol. The number of sulfone groups is 1. The lowest BCUT2D eigenvalue weighted by Crippen LogP contribution is -2.37. The van der Waals surface area contributed by atoms with Gasteiger partial charge in [0.25, 0.3) is 0 Å². The molecule has 24 heavy (non-hydrogen) atoms. The fourth-order valence-corrected chi connectivity index (χ4v) is 4.71. The number of nitrogens with one attached hydrogen (secondary N) is 1. The molecule has 1 aliphatic rings. The second-order valence-electron chi connectivity index (χ2n) is 6.18. The van der Waals surface area contributed by atoms with Crippen molar-refractivity contribution in [1.82, 2.24) is 0 Å². The zero-order valence-electron chi connectivity index (χ0n) is 13.5. The number of hydrogen-bond donors (Lipinski definition) is 1. The Hall–Kier alpha value is -1.85. The van der Waals surface area contributed by atoms with Gasteiger partial charge in [-0.05, 0) is 56.5 Å². The van der Waals surface area contributed by atoms with Gasteiger partial charge < -0.3 is 5.32 Å². The second kappa shape index (κ2) is 5.90. The largest absolute Gasteiger partial charge is 0.324 e. The summed E-state index contributed by atoms with van der Waals surface area (Å²) in [5.74, 6) is -0.492. The molecule has 0 saturated heterocycles. The van der Waals surface area contributed by atoms with E-state index in [2.05, 4.69) is 5.32 Å². The Morgan fingerprint density at radius 1 is 1.08 bits per heavy atom. The number of halogens is 1. The summed E-state index contributed by atoms with van der Waals surface area (Å²) < 4.78 is 24.5. The minimum atomic E-state index is -3.73. The molecule has 0 atom stereocenters. The summed E-state index contributed by atoms with van der Waals surface area (Å²) in [5.41, 5.74) is 2.23. The van der Waals surface area contributed by atoms with Crippen LogP contribution in [0.2, 0.25) is 5.02 Å². The van der Waals surface area contributed by atoms with Crippen LogP contribution >= 0.6 is 11.6 Å². The van der Waals surface area contributed by atoms with Crippen LogP contribution in [0.1, 0.15) is 24.0 Å². The average molecular weight is 364 g/mol. The van der Waals surface area contributed by atoms with Crippen molar-refractivity contribution in [3.8, 4) is 0 Å². The number of aryl methyl sites for hydroxylation is 1. The molecule has 2 aromatic carbocycles. The van der Waals surface area contributed by atoms with Gasteiger partial charge in [0.05, 0.1) is 4.90 Å². The van der Waals surface area contributed by atoms with E-state index in [0.29, 0.717) is 23.6 Å². The van der Waals surface area contributed by atoms with Gasteiger partial charge in [0.1, 0.15) is 0 Å². The van der Waals surface area contributed by atoms with Crippen molar-refractivity contribution in [2.75, 3.05) is 5.32 Å². The van der Waals surface area contributed by atoms with Crippen LogP contribution in [0.4, 0.5) is 5.69 Å². The molecule has 4 nitrogen and oxygen atoms in total. The first-order valence-corrected chi connectivity index (χ1v) is 9.52. The van der Waals surface area contributed by atoms with Crippen molar-refractivity contribution in [2.24, 2.45) is 0 Å². The minimum absolute atomic E-state index is 0.184. The van der Waals surface area contributed by atoms with Crippen LogP contribution in [0.25, 0.3) is 0 Å². The quantitative estimate of drug-likeness (QED) is 0.895. The molecule has 2 aromatic rings. The third kappa shape index (κ3) is 2.72. The molecule has 1 saturated carbocycles. The maximum Gasteiger partial charge on any atom is 0.246 e. The van der Waals surface area contributed by atoms with Gasteiger partial charge in [-0.15, -0.1) is 0 Å². The second-order valence-corrected chi connectivity index (χ2v) is 8.84. The molecule has 1 aliphatic carbocycles. The summed E-state index contributed by atoms with van der Waals surface area (Å²) in [6.45, 7) is 3.67. The highest BCUT2D eigenvalue weighted by Gasteiger charge is 2.61. The summed E-state index contributed by atoms with van der Waals surface area (Å²) >= 11 is 6.06. The Balaban J connectivity index is 1.91. The van der Waals surface area contributed by atoms with Crippen molar-refractivity contribution in [3.05, 3.63) is 58.6 Å². The SMILES string of the molecule is Cc1ccc(S(=O)(=O)C2(C(=O)Nc3cccc(Cl)c3C)CC2)cc1. The highest BCUT2D eigenvalue weighted by Crippen LogP contribution is 2.47. The van der Waals surface area contributed by atoms with E-state index < -0.39 is 20.5 Å². The summed E-state index contributed by atoms with van der Waals surface area (Å²) in [6.07, 6.45) is 0.656. The fraction of sp³-hybridized carbons (Fsp3) is 0.278. The van der Waals surface area contributed by atoms with Gasteiger partial charge in [-0.2, -0.15) is 0 Å². The summed E-state index contributed by atoms with van der Waals surface area (Å²) in [7, 11) is -3.73. The van der Waals surface area contributed by atoms with E-state index in [1.54, 1.807) is 49.4 Å². The first-order valence-electron chi connectivity index (χ1n) is 7.66. The summed E-state index contributed by atoms with van der Waals surface area (Å²) in [5, 5.41) is 3.27. The lowest BCUT2D eigenvalue weighted by Gasteiger charge is -2.18. The molecule has 1 amide bonds. The van der Waals surface area contributed by atoms with Crippen molar-refractivity contribution in [3.63, 3.8) is 0 Å². The van der Waals surface area contributed by atoms with E-state index >= 15 is 0 Å². The smallest absolute Gasteiger partial charge is 0.246 e. The number of carbonyl (C=O) groups is 1. The molecular weight excluding hydrogens is 346 g/mol. The summed E-state index contributed by atoms with van der Waals surface area (Å²) in [4.78, 5) is 12.9. The normalized spacial score (nSPS) is 15.8. The van der Waals surface area contributed by atoms with Crippen molar-refractivity contribution >= 4 is 33.0 Å². The number of hydrogen-bond acceptors (Lipinski definition) is 3. The number of amides is 1. The number of carbonyl (C=O) groups excluding carboxylic acids is 1. The van der Waals surface area contributed by atoms with Crippen molar-refractivity contribution in [2.45, 2.75) is 36.3 Å². The Labute approximate surface area is 146 Å². The van der Waals surface area contributed by atoms with E-state index in [-0.39, 0.29) is 4.90 Å². The Bertz CT molecular complexity index is 900. The number of rotatable bonds is 4. The van der Waals surface area contributed by atoms with E-state index in [0.717, 1.165) is 11.1 Å². The van der Waals surface area contributed by atoms with Gasteiger partial charge in [0.2, 0.25) is 5.91 Å². The van der Waals surface area contributed by atoms with Gasteiger partial charge in [-0.25, -0.2) is 8.42 Å².